The first-order valence-electron chi connectivity index (χ1n) is 7.66. The fourth-order valence-corrected chi connectivity index (χ4v) is 3.27. The van der Waals surface area contributed by atoms with Crippen LogP contribution in [0.25, 0.3) is 33.0 Å². The minimum atomic E-state index is 0.780. The molecule has 0 nitrogen and oxygen atoms in total. The lowest BCUT2D eigenvalue weighted by Crippen LogP contribution is -1.84. The molecule has 0 saturated heterocycles. The lowest BCUT2D eigenvalue weighted by atomic mass is 9.95. The molecule has 0 atom stereocenters. The number of hydrogen-bond acceptors (Lipinski definition) is 0. The van der Waals surface area contributed by atoms with Crippen molar-refractivity contribution in [3.8, 4) is 22.3 Å². The van der Waals surface area contributed by atoms with Crippen molar-refractivity contribution >= 4 is 22.4 Å². The Bertz CT molecular complexity index is 980. The first kappa shape index (κ1) is 14.0. The summed E-state index contributed by atoms with van der Waals surface area (Å²) >= 11 is 6.35. The molecule has 1 heteroatoms. The largest absolute Gasteiger partial charge is 0.0837 e. The molecule has 0 heterocycles. The van der Waals surface area contributed by atoms with E-state index in [2.05, 4.69) is 72.8 Å². The summed E-state index contributed by atoms with van der Waals surface area (Å²) in [6, 6.07) is 31.5. The van der Waals surface area contributed by atoms with Gasteiger partial charge in [0.15, 0.2) is 0 Å². The highest BCUT2D eigenvalue weighted by Gasteiger charge is 2.07. The van der Waals surface area contributed by atoms with Crippen molar-refractivity contribution in [3.63, 3.8) is 0 Å². The highest BCUT2D eigenvalue weighted by atomic mass is 35.5. The molecule has 0 spiro atoms. The fourth-order valence-electron chi connectivity index (χ4n) is 3.03. The summed E-state index contributed by atoms with van der Waals surface area (Å²) in [7, 11) is 0. The van der Waals surface area contributed by atoms with E-state index < -0.39 is 0 Å². The van der Waals surface area contributed by atoms with Crippen molar-refractivity contribution in [2.75, 3.05) is 0 Å². The maximum Gasteiger partial charge on any atom is 0.0484 e. The summed E-state index contributed by atoms with van der Waals surface area (Å²) in [5.41, 5.74) is 4.66. The molecule has 0 aromatic heterocycles. The van der Waals surface area contributed by atoms with E-state index in [1.807, 2.05) is 18.2 Å². The van der Waals surface area contributed by atoms with Crippen LogP contribution in [0.3, 0.4) is 0 Å². The monoisotopic (exact) mass is 314 g/mol. The van der Waals surface area contributed by atoms with E-state index in [0.717, 1.165) is 16.1 Å². The molecule has 0 bridgehead atoms. The minimum absolute atomic E-state index is 0.780. The third-order valence-corrected chi connectivity index (χ3v) is 4.48. The molecule has 0 amide bonds. The SMILES string of the molecule is Clc1ccccc1-c1cccc(-c2cccc3ccccc23)c1. The Hall–Kier alpha value is -2.57. The van der Waals surface area contributed by atoms with Crippen molar-refractivity contribution in [1.82, 2.24) is 0 Å². The highest BCUT2D eigenvalue weighted by Crippen LogP contribution is 2.33. The average molecular weight is 315 g/mol. The summed E-state index contributed by atoms with van der Waals surface area (Å²) in [5, 5.41) is 3.31. The molecule has 0 aliphatic heterocycles. The van der Waals surface area contributed by atoms with Gasteiger partial charge in [0.2, 0.25) is 0 Å². The van der Waals surface area contributed by atoms with Gasteiger partial charge in [-0.2, -0.15) is 0 Å². The van der Waals surface area contributed by atoms with Crippen LogP contribution in [0.1, 0.15) is 0 Å². The highest BCUT2D eigenvalue weighted by molar-refractivity contribution is 6.33. The lowest BCUT2D eigenvalue weighted by Gasteiger charge is -2.10. The zero-order valence-corrected chi connectivity index (χ0v) is 13.3. The number of fused-ring (bicyclic) bond motifs is 1. The van der Waals surface area contributed by atoms with Crippen molar-refractivity contribution < 1.29 is 0 Å². The molecule has 0 N–H and O–H groups in total. The molecule has 0 aliphatic rings. The standard InChI is InChI=1S/C22H15Cl/c23-22-14-4-3-12-21(22)18-10-5-9-17(15-18)20-13-6-8-16-7-1-2-11-19(16)20/h1-15H. The van der Waals surface area contributed by atoms with Crippen molar-refractivity contribution in [3.05, 3.63) is 96.0 Å². The van der Waals surface area contributed by atoms with Gasteiger partial charge in [-0.3, -0.25) is 0 Å². The zero-order valence-electron chi connectivity index (χ0n) is 12.5. The summed E-state index contributed by atoms with van der Waals surface area (Å²) in [5.74, 6) is 0. The van der Waals surface area contributed by atoms with Crippen LogP contribution in [0.15, 0.2) is 91.0 Å². The lowest BCUT2D eigenvalue weighted by molar-refractivity contribution is 1.60. The Labute approximate surface area is 141 Å². The van der Waals surface area contributed by atoms with Gasteiger partial charge < -0.3 is 0 Å². The second-order valence-electron chi connectivity index (χ2n) is 5.59. The predicted molar refractivity (Wildman–Crippen MR) is 99.8 cm³/mol. The van der Waals surface area contributed by atoms with E-state index in [0.29, 0.717) is 0 Å². The van der Waals surface area contributed by atoms with Crippen LogP contribution in [-0.2, 0) is 0 Å². The topological polar surface area (TPSA) is 0 Å². The number of rotatable bonds is 2. The second kappa shape index (κ2) is 5.91. The van der Waals surface area contributed by atoms with E-state index in [1.165, 1.54) is 21.9 Å². The van der Waals surface area contributed by atoms with Crippen LogP contribution < -0.4 is 0 Å². The van der Waals surface area contributed by atoms with E-state index in [4.69, 9.17) is 11.6 Å². The minimum Gasteiger partial charge on any atom is -0.0837 e. The Morgan fingerprint density at radius 3 is 2.00 bits per heavy atom. The Morgan fingerprint density at radius 1 is 0.522 bits per heavy atom. The molecule has 0 aliphatic carbocycles. The summed E-state index contributed by atoms with van der Waals surface area (Å²) in [6.07, 6.45) is 0. The molecular weight excluding hydrogens is 300 g/mol. The van der Waals surface area contributed by atoms with Crippen molar-refractivity contribution in [1.29, 1.82) is 0 Å². The molecule has 4 aromatic carbocycles. The molecule has 0 radical (unpaired) electrons. The summed E-state index contributed by atoms with van der Waals surface area (Å²) in [4.78, 5) is 0. The number of halogens is 1. The Balaban J connectivity index is 1.90. The Morgan fingerprint density at radius 2 is 1.13 bits per heavy atom. The van der Waals surface area contributed by atoms with Gasteiger partial charge in [0, 0.05) is 10.6 Å². The van der Waals surface area contributed by atoms with Gasteiger partial charge in [0.1, 0.15) is 0 Å². The van der Waals surface area contributed by atoms with E-state index >= 15 is 0 Å². The van der Waals surface area contributed by atoms with E-state index in [9.17, 15) is 0 Å². The Kier molecular flexibility index (Phi) is 3.61. The van der Waals surface area contributed by atoms with Crippen LogP contribution >= 0.6 is 11.6 Å². The molecule has 0 unspecified atom stereocenters. The summed E-state index contributed by atoms with van der Waals surface area (Å²) in [6.45, 7) is 0. The van der Waals surface area contributed by atoms with Gasteiger partial charge in [-0.05, 0) is 39.6 Å². The van der Waals surface area contributed by atoms with Crippen molar-refractivity contribution in [2.45, 2.75) is 0 Å². The maximum atomic E-state index is 6.35. The van der Waals surface area contributed by atoms with Gasteiger partial charge in [-0.1, -0.05) is 90.5 Å². The molecule has 0 fully saturated rings. The fraction of sp³-hybridized carbons (Fsp3) is 0. The third-order valence-electron chi connectivity index (χ3n) is 4.15. The van der Waals surface area contributed by atoms with Gasteiger partial charge in [-0.15, -0.1) is 0 Å². The first-order valence-corrected chi connectivity index (χ1v) is 8.04. The maximum absolute atomic E-state index is 6.35. The smallest absolute Gasteiger partial charge is 0.0484 e. The molecule has 23 heavy (non-hydrogen) atoms. The molecule has 4 rings (SSSR count). The molecule has 0 saturated carbocycles. The number of benzene rings is 4. The molecular formula is C22H15Cl. The normalized spacial score (nSPS) is 10.8. The van der Waals surface area contributed by atoms with Crippen LogP contribution in [0.4, 0.5) is 0 Å². The summed E-state index contributed by atoms with van der Waals surface area (Å²) < 4.78 is 0. The van der Waals surface area contributed by atoms with Crippen LogP contribution in [0.5, 0.6) is 0 Å². The zero-order chi connectivity index (χ0) is 15.6. The van der Waals surface area contributed by atoms with Gasteiger partial charge in [0.25, 0.3) is 0 Å². The van der Waals surface area contributed by atoms with Gasteiger partial charge in [0.05, 0.1) is 0 Å². The van der Waals surface area contributed by atoms with E-state index in [1.54, 1.807) is 0 Å². The number of hydrogen-bond donors (Lipinski definition) is 0. The average Bonchev–Trinajstić information content (AvgIpc) is 2.62. The first-order chi connectivity index (χ1) is 11.3. The van der Waals surface area contributed by atoms with Crippen LogP contribution in [0, 0.1) is 0 Å². The molecule has 110 valence electrons. The van der Waals surface area contributed by atoms with Gasteiger partial charge >= 0.3 is 0 Å². The second-order valence-corrected chi connectivity index (χ2v) is 5.99. The van der Waals surface area contributed by atoms with E-state index in [-0.39, 0.29) is 0 Å². The van der Waals surface area contributed by atoms with Crippen LogP contribution in [-0.4, -0.2) is 0 Å². The predicted octanol–water partition coefficient (Wildman–Crippen LogP) is 6.83. The third kappa shape index (κ3) is 2.62. The van der Waals surface area contributed by atoms with Crippen molar-refractivity contribution in [2.24, 2.45) is 0 Å². The van der Waals surface area contributed by atoms with Gasteiger partial charge in [-0.25, -0.2) is 0 Å². The molecule has 4 aromatic rings. The quantitative estimate of drug-likeness (QED) is 0.380. The van der Waals surface area contributed by atoms with Crippen LogP contribution in [0.2, 0.25) is 5.02 Å².